The number of hydrogen-bond donors (Lipinski definition) is 2. The molecule has 2 aromatic carbocycles. The first-order valence-corrected chi connectivity index (χ1v) is 13.3. The van der Waals surface area contributed by atoms with Crippen LogP contribution in [0.15, 0.2) is 47.6 Å². The third kappa shape index (κ3) is 4.46. The molecule has 9 heteroatoms. The second-order valence-corrected chi connectivity index (χ2v) is 11.7. The number of rotatable bonds is 5. The number of hydrogen-bond acceptors (Lipinski definition) is 6. The summed E-state index contributed by atoms with van der Waals surface area (Å²) in [6, 6.07) is 11.6. The average molecular weight is 526 g/mol. The van der Waals surface area contributed by atoms with Gasteiger partial charge in [0.05, 0.1) is 28.8 Å². The highest BCUT2D eigenvalue weighted by molar-refractivity contribution is 7.99. The molecule has 2 aliphatic rings. The molecule has 2 aliphatic heterocycles. The molecule has 3 aromatic rings. The van der Waals surface area contributed by atoms with Crippen LogP contribution in [0, 0.1) is 0 Å². The molecule has 1 amide bonds. The van der Waals surface area contributed by atoms with Crippen LogP contribution in [-0.4, -0.2) is 35.0 Å². The van der Waals surface area contributed by atoms with Crippen molar-refractivity contribution >= 4 is 46.6 Å². The van der Waals surface area contributed by atoms with Gasteiger partial charge in [0.1, 0.15) is 5.03 Å². The number of aromatic nitrogens is 2. The van der Waals surface area contributed by atoms with Crippen LogP contribution in [0.4, 0.5) is 21.7 Å². The van der Waals surface area contributed by atoms with Crippen molar-refractivity contribution in [3.63, 3.8) is 0 Å². The molecular formula is C27H29ClFN5OS. The van der Waals surface area contributed by atoms with Gasteiger partial charge >= 0.3 is 0 Å². The van der Waals surface area contributed by atoms with E-state index in [2.05, 4.69) is 46.6 Å². The lowest BCUT2D eigenvalue weighted by molar-refractivity contribution is 0.0985. The third-order valence-electron chi connectivity index (χ3n) is 6.88. The van der Waals surface area contributed by atoms with Gasteiger partial charge in [0, 0.05) is 22.8 Å². The third-order valence-corrected chi connectivity index (χ3v) is 8.15. The Hall–Kier alpha value is -2.68. The number of nitrogens with zero attached hydrogens (tertiary/aromatic N) is 3. The van der Waals surface area contributed by atoms with Crippen LogP contribution in [-0.2, 0) is 17.4 Å². The topological polar surface area (TPSA) is 70.2 Å². The molecule has 0 radical (unpaired) electrons. The summed E-state index contributed by atoms with van der Waals surface area (Å²) in [4.78, 5) is 24.1. The maximum absolute atomic E-state index is 13.8. The smallest absolute Gasteiger partial charge is 0.263 e. The molecule has 2 N–H and O–H groups in total. The first-order chi connectivity index (χ1) is 17.1. The van der Waals surface area contributed by atoms with Gasteiger partial charge in [-0.3, -0.25) is 14.1 Å². The van der Waals surface area contributed by atoms with Gasteiger partial charge in [-0.1, -0.05) is 55.4 Å². The van der Waals surface area contributed by atoms with Gasteiger partial charge in [0.25, 0.3) is 5.91 Å². The fourth-order valence-electron chi connectivity index (χ4n) is 4.81. The monoisotopic (exact) mass is 525 g/mol. The summed E-state index contributed by atoms with van der Waals surface area (Å²) in [5.74, 6) is 0.512. The summed E-state index contributed by atoms with van der Waals surface area (Å²) in [7, 11) is 0. The van der Waals surface area contributed by atoms with Crippen LogP contribution >= 0.6 is 23.4 Å². The minimum atomic E-state index is -0.782. The standard InChI is InChI=1S/C27H29ClFN5OS/c1-26(2,14-29)20-6-5-7-21(28)22(20)34-15-36-23-18(24(34)35)13-30-25(33-23)32-17-8-9-19-16(12-17)10-11-31-27(19,3)4/h5-9,12-13,31H,10-11,14-15H2,1-4H3,(H,30,32,33). The molecule has 0 atom stereocenters. The summed E-state index contributed by atoms with van der Waals surface area (Å²) in [6.07, 6.45) is 2.51. The minimum Gasteiger partial charge on any atom is -0.324 e. The van der Waals surface area contributed by atoms with Crippen LogP contribution in [0.2, 0.25) is 5.02 Å². The Balaban J connectivity index is 1.41. The largest absolute Gasteiger partial charge is 0.324 e. The number of para-hydroxylation sites is 1. The molecule has 0 saturated heterocycles. The molecule has 188 valence electrons. The normalized spacial score (nSPS) is 16.9. The first-order valence-electron chi connectivity index (χ1n) is 11.9. The molecule has 1 aromatic heterocycles. The number of halogens is 2. The second-order valence-electron chi connectivity index (χ2n) is 10.4. The summed E-state index contributed by atoms with van der Waals surface area (Å²) < 4.78 is 13.8. The number of thioether (sulfide) groups is 1. The summed E-state index contributed by atoms with van der Waals surface area (Å²) in [5, 5.41) is 7.86. The van der Waals surface area contributed by atoms with Gasteiger partial charge in [-0.25, -0.2) is 9.97 Å². The molecule has 6 nitrogen and oxygen atoms in total. The van der Waals surface area contributed by atoms with Crippen LogP contribution in [0.25, 0.3) is 0 Å². The minimum absolute atomic E-state index is 0.0573. The Morgan fingerprint density at radius 1 is 1.28 bits per heavy atom. The van der Waals surface area contributed by atoms with Gasteiger partial charge in [0.2, 0.25) is 5.95 Å². The molecule has 0 aliphatic carbocycles. The van der Waals surface area contributed by atoms with E-state index >= 15 is 0 Å². The van der Waals surface area contributed by atoms with Gasteiger partial charge in [-0.05, 0) is 61.7 Å². The molecule has 0 fully saturated rings. The number of nitrogens with one attached hydrogen (secondary N) is 2. The maximum atomic E-state index is 13.8. The van der Waals surface area contributed by atoms with E-state index in [0.29, 0.717) is 38.7 Å². The Morgan fingerprint density at radius 2 is 2.08 bits per heavy atom. The van der Waals surface area contributed by atoms with E-state index in [9.17, 15) is 9.18 Å². The summed E-state index contributed by atoms with van der Waals surface area (Å²) in [5.41, 5.74) is 4.30. The lowest BCUT2D eigenvalue weighted by atomic mass is 9.84. The van der Waals surface area contributed by atoms with E-state index in [4.69, 9.17) is 11.6 Å². The zero-order valence-corrected chi connectivity index (χ0v) is 22.4. The predicted octanol–water partition coefficient (Wildman–Crippen LogP) is 6.21. The summed E-state index contributed by atoms with van der Waals surface area (Å²) in [6.45, 7) is 8.34. The van der Waals surface area contributed by atoms with Crippen molar-refractivity contribution in [2.75, 3.05) is 29.3 Å². The first kappa shape index (κ1) is 25.0. The quantitative estimate of drug-likeness (QED) is 0.386. The Labute approximate surface area is 220 Å². The van der Waals surface area contributed by atoms with Gasteiger partial charge in [0.15, 0.2) is 0 Å². The highest BCUT2D eigenvalue weighted by atomic mass is 35.5. The molecule has 0 unspecified atom stereocenters. The summed E-state index contributed by atoms with van der Waals surface area (Å²) >= 11 is 7.96. The average Bonchev–Trinajstić information content (AvgIpc) is 2.84. The molecule has 0 saturated carbocycles. The van der Waals surface area contributed by atoms with E-state index in [1.807, 2.05) is 12.1 Å². The van der Waals surface area contributed by atoms with Gasteiger partial charge < -0.3 is 10.6 Å². The second kappa shape index (κ2) is 9.32. The molecule has 3 heterocycles. The van der Waals surface area contributed by atoms with Crippen molar-refractivity contribution in [1.82, 2.24) is 15.3 Å². The lowest BCUT2D eigenvalue weighted by Crippen LogP contribution is -2.42. The van der Waals surface area contributed by atoms with Crippen molar-refractivity contribution in [3.05, 3.63) is 69.9 Å². The Bertz CT molecular complexity index is 1350. The number of fused-ring (bicyclic) bond motifs is 2. The van der Waals surface area contributed by atoms with Gasteiger partial charge in [-0.15, -0.1) is 0 Å². The van der Waals surface area contributed by atoms with E-state index < -0.39 is 12.1 Å². The van der Waals surface area contributed by atoms with E-state index in [-0.39, 0.29) is 11.4 Å². The van der Waals surface area contributed by atoms with Crippen LogP contribution in [0.1, 0.15) is 54.7 Å². The molecule has 36 heavy (non-hydrogen) atoms. The Kier molecular flexibility index (Phi) is 6.47. The van der Waals surface area contributed by atoms with Crippen LogP contribution in [0.5, 0.6) is 0 Å². The fourth-order valence-corrected chi connectivity index (χ4v) is 6.03. The zero-order chi connectivity index (χ0) is 25.7. The number of benzene rings is 2. The predicted molar refractivity (Wildman–Crippen MR) is 144 cm³/mol. The van der Waals surface area contributed by atoms with E-state index in [1.54, 1.807) is 37.1 Å². The molecule has 5 rings (SSSR count). The molecule has 0 spiro atoms. The number of alkyl halides is 1. The number of carbonyl (C=O) groups is 1. The highest BCUT2D eigenvalue weighted by Crippen LogP contribution is 2.42. The Morgan fingerprint density at radius 3 is 2.86 bits per heavy atom. The number of carbonyl (C=O) groups excluding carboxylic acids is 1. The molecule has 0 bridgehead atoms. The van der Waals surface area contributed by atoms with Crippen molar-refractivity contribution in [2.45, 2.75) is 50.1 Å². The van der Waals surface area contributed by atoms with E-state index in [0.717, 1.165) is 18.7 Å². The van der Waals surface area contributed by atoms with Crippen molar-refractivity contribution < 1.29 is 9.18 Å². The lowest BCUT2D eigenvalue weighted by Gasteiger charge is -2.34. The van der Waals surface area contributed by atoms with Crippen molar-refractivity contribution in [1.29, 1.82) is 0 Å². The number of anilines is 3. The van der Waals surface area contributed by atoms with Crippen LogP contribution < -0.4 is 15.5 Å². The SMILES string of the molecule is CC(C)(CF)c1cccc(Cl)c1N1CSc2nc(Nc3ccc4c(c3)CCNC4(C)C)ncc2C1=O. The van der Waals surface area contributed by atoms with Crippen LogP contribution in [0.3, 0.4) is 0 Å². The van der Waals surface area contributed by atoms with Gasteiger partial charge in [-0.2, -0.15) is 0 Å². The van der Waals surface area contributed by atoms with Crippen molar-refractivity contribution in [2.24, 2.45) is 0 Å². The maximum Gasteiger partial charge on any atom is 0.263 e. The highest BCUT2D eigenvalue weighted by Gasteiger charge is 2.34. The van der Waals surface area contributed by atoms with E-state index in [1.165, 1.54) is 22.9 Å². The fraction of sp³-hybridized carbons (Fsp3) is 0.370. The molecular weight excluding hydrogens is 497 g/mol. The van der Waals surface area contributed by atoms with Crippen molar-refractivity contribution in [3.8, 4) is 0 Å². The number of amides is 1. The zero-order valence-electron chi connectivity index (χ0n) is 20.8.